The van der Waals surface area contributed by atoms with Crippen LogP contribution in [0.3, 0.4) is 0 Å². The summed E-state index contributed by atoms with van der Waals surface area (Å²) in [6.07, 6.45) is 2.36. The number of benzene rings is 2. The van der Waals surface area contributed by atoms with E-state index in [2.05, 4.69) is 4.72 Å². The van der Waals surface area contributed by atoms with Gasteiger partial charge in [-0.15, -0.1) is 0 Å². The Morgan fingerprint density at radius 2 is 1.67 bits per heavy atom. The molecule has 214 valence electrons. The number of fused-ring (bicyclic) bond motifs is 2. The van der Waals surface area contributed by atoms with E-state index in [4.69, 9.17) is 4.74 Å². The molecular formula is C27H38N4O6S2. The summed E-state index contributed by atoms with van der Waals surface area (Å²) in [5.41, 5.74) is 2.21. The average Bonchev–Trinajstić information content (AvgIpc) is 3.22. The van der Waals surface area contributed by atoms with E-state index in [9.17, 15) is 21.6 Å². The Labute approximate surface area is 232 Å². The Balaban J connectivity index is 1.47. The van der Waals surface area contributed by atoms with Gasteiger partial charge in [-0.25, -0.2) is 21.6 Å². The van der Waals surface area contributed by atoms with Crippen LogP contribution in [-0.2, 0) is 41.6 Å². The molecule has 0 bridgehead atoms. The van der Waals surface area contributed by atoms with Crippen LogP contribution in [0, 0.1) is 0 Å². The first kappa shape index (κ1) is 29.5. The number of rotatable bonds is 11. The van der Waals surface area contributed by atoms with Gasteiger partial charge in [0.1, 0.15) is 6.04 Å². The average molecular weight is 579 g/mol. The minimum Gasteiger partial charge on any atom is -0.375 e. The summed E-state index contributed by atoms with van der Waals surface area (Å²) in [4.78, 5) is 17.1. The van der Waals surface area contributed by atoms with Crippen molar-refractivity contribution in [1.82, 2.24) is 14.5 Å². The van der Waals surface area contributed by atoms with Crippen LogP contribution in [-0.4, -0.2) is 97.5 Å². The van der Waals surface area contributed by atoms with Crippen LogP contribution in [0.5, 0.6) is 0 Å². The van der Waals surface area contributed by atoms with Crippen molar-refractivity contribution in [2.45, 2.75) is 30.9 Å². The van der Waals surface area contributed by atoms with Crippen molar-refractivity contribution in [2.24, 2.45) is 0 Å². The number of anilines is 1. The summed E-state index contributed by atoms with van der Waals surface area (Å²) >= 11 is 0. The van der Waals surface area contributed by atoms with Gasteiger partial charge >= 0.3 is 0 Å². The molecule has 2 aliphatic heterocycles. The van der Waals surface area contributed by atoms with Crippen molar-refractivity contribution in [3.63, 3.8) is 0 Å². The molecule has 0 radical (unpaired) electrons. The molecule has 1 spiro atoms. The third-order valence-corrected chi connectivity index (χ3v) is 9.94. The predicted molar refractivity (Wildman–Crippen MR) is 151 cm³/mol. The zero-order valence-electron chi connectivity index (χ0n) is 22.7. The lowest BCUT2D eigenvalue weighted by Gasteiger charge is -2.40. The number of para-hydroxylation sites is 1. The van der Waals surface area contributed by atoms with E-state index in [1.165, 1.54) is 10.6 Å². The molecule has 39 heavy (non-hydrogen) atoms. The monoisotopic (exact) mass is 578 g/mol. The molecule has 12 heteroatoms. The summed E-state index contributed by atoms with van der Waals surface area (Å²) in [6, 6.07) is 16.0. The Hall–Kier alpha value is -2.51. The van der Waals surface area contributed by atoms with Crippen molar-refractivity contribution in [1.29, 1.82) is 0 Å². The zero-order valence-corrected chi connectivity index (χ0v) is 24.4. The van der Waals surface area contributed by atoms with E-state index in [-0.39, 0.29) is 30.3 Å². The lowest BCUT2D eigenvalue weighted by Crippen LogP contribution is -2.55. The number of carbonyl (C=O) groups excluding carboxylic acids is 1. The van der Waals surface area contributed by atoms with Gasteiger partial charge in [-0.2, -0.15) is 0 Å². The maximum absolute atomic E-state index is 13.6. The molecule has 1 atom stereocenters. The van der Waals surface area contributed by atoms with E-state index in [1.54, 1.807) is 23.9 Å². The lowest BCUT2D eigenvalue weighted by molar-refractivity contribution is -0.136. The summed E-state index contributed by atoms with van der Waals surface area (Å²) < 4.78 is 60.4. The molecule has 2 heterocycles. The van der Waals surface area contributed by atoms with Crippen LogP contribution >= 0.6 is 0 Å². The molecule has 1 amide bonds. The molecule has 2 aromatic rings. The number of sulfonamides is 2. The normalized spacial score (nSPS) is 17.9. The fourth-order valence-electron chi connectivity index (χ4n) is 5.29. The first-order valence-corrected chi connectivity index (χ1v) is 16.5. The largest absolute Gasteiger partial charge is 0.375 e. The number of amides is 1. The molecule has 2 aliphatic rings. The molecule has 0 saturated carbocycles. The van der Waals surface area contributed by atoms with Crippen molar-refractivity contribution < 1.29 is 26.4 Å². The van der Waals surface area contributed by atoms with E-state index >= 15 is 0 Å². The standard InChI is InChI=1S/C27H38N4O6S2/c1-29(2)17-18-39(35,36)28-24(20-37-19-22-9-5-4-6-10-22)26(32)30-15-13-27(14-16-30)21-31(38(3,33)34)25-12-8-7-11-23(25)27/h4-12,24,28H,13-21H2,1-3H3/t24-/m1/s1. The molecule has 1 saturated heterocycles. The fourth-order valence-corrected chi connectivity index (χ4v) is 7.61. The van der Waals surface area contributed by atoms with E-state index in [0.717, 1.165) is 11.1 Å². The van der Waals surface area contributed by atoms with Gasteiger partial charge in [-0.3, -0.25) is 9.10 Å². The minimum absolute atomic E-state index is 0.0960. The molecule has 1 N–H and O–H groups in total. The van der Waals surface area contributed by atoms with Crippen molar-refractivity contribution in [2.75, 3.05) is 63.2 Å². The Bertz CT molecular complexity index is 1360. The molecule has 1 fully saturated rings. The van der Waals surface area contributed by atoms with Gasteiger partial charge in [-0.05, 0) is 44.1 Å². The summed E-state index contributed by atoms with van der Waals surface area (Å²) in [6.45, 7) is 1.60. The number of nitrogens with zero attached hydrogens (tertiary/aromatic N) is 3. The van der Waals surface area contributed by atoms with Gasteiger partial charge in [0, 0.05) is 31.6 Å². The topological polar surface area (TPSA) is 116 Å². The van der Waals surface area contributed by atoms with E-state index in [0.29, 0.717) is 44.7 Å². The number of hydrogen-bond acceptors (Lipinski definition) is 7. The van der Waals surface area contributed by atoms with Crippen LogP contribution < -0.4 is 9.03 Å². The highest BCUT2D eigenvalue weighted by molar-refractivity contribution is 7.92. The van der Waals surface area contributed by atoms with Crippen LogP contribution in [0.1, 0.15) is 24.0 Å². The highest BCUT2D eigenvalue weighted by Gasteiger charge is 2.48. The fraction of sp³-hybridized carbons (Fsp3) is 0.519. The number of nitrogens with one attached hydrogen (secondary N) is 1. The number of piperidine rings is 1. The molecule has 4 rings (SSSR count). The van der Waals surface area contributed by atoms with Gasteiger partial charge < -0.3 is 14.5 Å². The van der Waals surface area contributed by atoms with E-state index in [1.807, 2.05) is 54.6 Å². The van der Waals surface area contributed by atoms with Gasteiger partial charge in [0.05, 0.1) is 30.9 Å². The van der Waals surface area contributed by atoms with Crippen LogP contribution in [0.2, 0.25) is 0 Å². The summed E-state index contributed by atoms with van der Waals surface area (Å²) in [5, 5.41) is 0. The van der Waals surface area contributed by atoms with Crippen molar-refractivity contribution >= 4 is 31.6 Å². The Kier molecular flexibility index (Phi) is 9.01. The highest BCUT2D eigenvalue weighted by Crippen LogP contribution is 2.47. The van der Waals surface area contributed by atoms with Gasteiger partial charge in [0.15, 0.2) is 0 Å². The van der Waals surface area contributed by atoms with Gasteiger partial charge in [-0.1, -0.05) is 48.5 Å². The number of likely N-dealkylation sites (tertiary alicyclic amines) is 1. The third kappa shape index (κ3) is 7.17. The molecule has 0 unspecified atom stereocenters. The second-order valence-electron chi connectivity index (χ2n) is 10.7. The summed E-state index contributed by atoms with van der Waals surface area (Å²) in [5.74, 6) is -0.471. The van der Waals surface area contributed by atoms with Crippen LogP contribution in [0.15, 0.2) is 54.6 Å². The number of hydrogen-bond donors (Lipinski definition) is 1. The maximum Gasteiger partial charge on any atom is 0.243 e. The SMILES string of the molecule is CN(C)CCS(=O)(=O)N[C@H](COCc1ccccc1)C(=O)N1CCC2(CC1)CN(S(C)(=O)=O)c1ccccc12. The first-order valence-electron chi connectivity index (χ1n) is 13.0. The second-order valence-corrected chi connectivity index (χ2v) is 14.5. The third-order valence-electron chi connectivity index (χ3n) is 7.45. The van der Waals surface area contributed by atoms with Crippen LogP contribution in [0.25, 0.3) is 0 Å². The second kappa shape index (κ2) is 11.9. The van der Waals surface area contributed by atoms with Crippen molar-refractivity contribution in [3.05, 3.63) is 65.7 Å². The first-order chi connectivity index (χ1) is 18.4. The zero-order chi connectivity index (χ0) is 28.3. The number of ether oxygens (including phenoxy) is 1. The molecule has 10 nitrogen and oxygen atoms in total. The Morgan fingerprint density at radius 1 is 1.03 bits per heavy atom. The number of carbonyl (C=O) groups is 1. The Morgan fingerprint density at radius 3 is 2.31 bits per heavy atom. The van der Waals surface area contributed by atoms with Crippen LogP contribution in [0.4, 0.5) is 5.69 Å². The van der Waals surface area contributed by atoms with Gasteiger partial charge in [0.25, 0.3) is 0 Å². The summed E-state index contributed by atoms with van der Waals surface area (Å²) in [7, 11) is -3.60. The minimum atomic E-state index is -3.73. The molecule has 0 aromatic heterocycles. The quantitative estimate of drug-likeness (QED) is 0.428. The molecular weight excluding hydrogens is 540 g/mol. The maximum atomic E-state index is 13.6. The predicted octanol–water partition coefficient (Wildman–Crippen LogP) is 1.39. The van der Waals surface area contributed by atoms with E-state index < -0.39 is 26.1 Å². The molecule has 2 aromatic carbocycles. The van der Waals surface area contributed by atoms with Crippen molar-refractivity contribution in [3.8, 4) is 0 Å². The van der Waals surface area contributed by atoms with Gasteiger partial charge in [0.2, 0.25) is 26.0 Å². The lowest BCUT2D eigenvalue weighted by atomic mass is 9.74. The molecule has 0 aliphatic carbocycles. The smallest absolute Gasteiger partial charge is 0.243 e. The highest BCUT2D eigenvalue weighted by atomic mass is 32.2.